The van der Waals surface area contributed by atoms with E-state index in [0.29, 0.717) is 19.5 Å². The fourth-order valence-electron chi connectivity index (χ4n) is 3.70. The van der Waals surface area contributed by atoms with Crippen LogP contribution in [0.15, 0.2) is 11.6 Å². The normalized spacial score (nSPS) is 21.5. The highest BCUT2D eigenvalue weighted by Gasteiger charge is 2.29. The van der Waals surface area contributed by atoms with Crippen LogP contribution in [0.2, 0.25) is 0 Å². The summed E-state index contributed by atoms with van der Waals surface area (Å²) in [6, 6.07) is 0.118. The van der Waals surface area contributed by atoms with Crippen molar-refractivity contribution < 1.29 is 9.53 Å². The SMILES string of the molecule is O=C(CCn1nnnc1CN1CCOCC1)N1CCCCC1c1nccs1. The Morgan fingerprint density at radius 2 is 2.15 bits per heavy atom. The molecule has 1 amide bonds. The number of ether oxygens (including phenoxy) is 1. The van der Waals surface area contributed by atoms with Crippen molar-refractivity contribution in [3.8, 4) is 0 Å². The fraction of sp³-hybridized carbons (Fsp3) is 0.706. The van der Waals surface area contributed by atoms with Crippen LogP contribution in [0.5, 0.6) is 0 Å². The van der Waals surface area contributed by atoms with Crippen molar-refractivity contribution in [2.75, 3.05) is 32.8 Å². The van der Waals surface area contributed by atoms with Gasteiger partial charge in [0.05, 0.1) is 32.3 Å². The molecule has 0 aliphatic carbocycles. The summed E-state index contributed by atoms with van der Waals surface area (Å²) < 4.78 is 7.14. The number of carbonyl (C=O) groups is 1. The van der Waals surface area contributed by atoms with Gasteiger partial charge >= 0.3 is 0 Å². The number of thiazole rings is 1. The van der Waals surface area contributed by atoms with Crippen LogP contribution in [0, 0.1) is 0 Å². The maximum Gasteiger partial charge on any atom is 0.225 e. The smallest absolute Gasteiger partial charge is 0.225 e. The molecule has 0 radical (unpaired) electrons. The molecule has 4 heterocycles. The van der Waals surface area contributed by atoms with Crippen LogP contribution in [0.3, 0.4) is 0 Å². The predicted molar refractivity (Wildman–Crippen MR) is 98.9 cm³/mol. The van der Waals surface area contributed by atoms with Crippen LogP contribution in [0.25, 0.3) is 0 Å². The van der Waals surface area contributed by atoms with Gasteiger partial charge in [-0.3, -0.25) is 9.69 Å². The van der Waals surface area contributed by atoms with E-state index in [1.807, 2.05) is 16.5 Å². The van der Waals surface area contributed by atoms with Gasteiger partial charge in [0.1, 0.15) is 5.01 Å². The lowest BCUT2D eigenvalue weighted by Crippen LogP contribution is -2.39. The van der Waals surface area contributed by atoms with Crippen molar-refractivity contribution >= 4 is 17.2 Å². The number of amides is 1. The molecule has 27 heavy (non-hydrogen) atoms. The van der Waals surface area contributed by atoms with Gasteiger partial charge in [0.2, 0.25) is 5.91 Å². The molecular formula is C17H25N7O2S. The first kappa shape index (κ1) is 18.5. The van der Waals surface area contributed by atoms with E-state index in [0.717, 1.165) is 62.9 Å². The van der Waals surface area contributed by atoms with Crippen LogP contribution in [-0.4, -0.2) is 73.7 Å². The number of aromatic nitrogens is 5. The second-order valence-electron chi connectivity index (χ2n) is 6.93. The zero-order chi connectivity index (χ0) is 18.5. The quantitative estimate of drug-likeness (QED) is 0.728. The van der Waals surface area contributed by atoms with E-state index in [1.54, 1.807) is 16.0 Å². The molecule has 2 aliphatic heterocycles. The number of carbonyl (C=O) groups excluding carboxylic acids is 1. The molecule has 2 aromatic rings. The number of rotatable bonds is 6. The molecule has 0 spiro atoms. The molecule has 2 fully saturated rings. The number of nitrogens with zero attached hydrogens (tertiary/aromatic N) is 7. The number of tetrazole rings is 1. The molecule has 9 nitrogen and oxygen atoms in total. The molecule has 2 aliphatic rings. The second-order valence-corrected chi connectivity index (χ2v) is 7.85. The Morgan fingerprint density at radius 1 is 1.26 bits per heavy atom. The average molecular weight is 392 g/mol. The third-order valence-electron chi connectivity index (χ3n) is 5.17. The maximum atomic E-state index is 12.9. The Balaban J connectivity index is 1.35. The number of hydrogen-bond donors (Lipinski definition) is 0. The molecule has 4 rings (SSSR count). The van der Waals surface area contributed by atoms with Gasteiger partial charge in [-0.05, 0) is 29.7 Å². The topological polar surface area (TPSA) is 89.3 Å². The van der Waals surface area contributed by atoms with Crippen LogP contribution in [0.4, 0.5) is 0 Å². The van der Waals surface area contributed by atoms with Crippen LogP contribution in [-0.2, 0) is 22.6 Å². The molecule has 2 aromatic heterocycles. The summed E-state index contributed by atoms with van der Waals surface area (Å²) in [6.45, 7) is 5.26. The highest BCUT2D eigenvalue weighted by Crippen LogP contribution is 2.32. The summed E-state index contributed by atoms with van der Waals surface area (Å²) in [6.07, 6.45) is 5.41. The molecule has 0 N–H and O–H groups in total. The van der Waals surface area contributed by atoms with E-state index in [2.05, 4.69) is 25.4 Å². The highest BCUT2D eigenvalue weighted by molar-refractivity contribution is 7.09. The average Bonchev–Trinajstić information content (AvgIpc) is 3.39. The minimum Gasteiger partial charge on any atom is -0.379 e. The molecular weight excluding hydrogens is 366 g/mol. The monoisotopic (exact) mass is 391 g/mol. The third-order valence-corrected chi connectivity index (χ3v) is 6.05. The van der Waals surface area contributed by atoms with Crippen molar-refractivity contribution in [1.82, 2.24) is 35.0 Å². The molecule has 10 heteroatoms. The lowest BCUT2D eigenvalue weighted by molar-refractivity contribution is -0.135. The van der Waals surface area contributed by atoms with Crippen molar-refractivity contribution in [2.24, 2.45) is 0 Å². The summed E-state index contributed by atoms with van der Waals surface area (Å²) in [5.74, 6) is 0.961. The van der Waals surface area contributed by atoms with Crippen molar-refractivity contribution in [2.45, 2.75) is 44.8 Å². The summed E-state index contributed by atoms with van der Waals surface area (Å²) in [5, 5.41) is 15.1. The molecule has 1 unspecified atom stereocenters. The van der Waals surface area contributed by atoms with Crippen LogP contribution >= 0.6 is 11.3 Å². The predicted octanol–water partition coefficient (Wildman–Crippen LogP) is 1.11. The van der Waals surface area contributed by atoms with Gasteiger partial charge in [-0.15, -0.1) is 16.4 Å². The molecule has 146 valence electrons. The zero-order valence-electron chi connectivity index (χ0n) is 15.4. The first-order chi connectivity index (χ1) is 13.3. The van der Waals surface area contributed by atoms with Crippen molar-refractivity contribution in [1.29, 1.82) is 0 Å². The minimum atomic E-state index is 0.118. The minimum absolute atomic E-state index is 0.118. The van der Waals surface area contributed by atoms with Gasteiger partial charge in [-0.1, -0.05) is 0 Å². The molecule has 1 atom stereocenters. The Morgan fingerprint density at radius 3 is 2.96 bits per heavy atom. The lowest BCUT2D eigenvalue weighted by Gasteiger charge is -2.34. The molecule has 0 aromatic carbocycles. The summed E-state index contributed by atoms with van der Waals surface area (Å²) >= 11 is 1.63. The Hall–Kier alpha value is -1.91. The maximum absolute atomic E-state index is 12.9. The van der Waals surface area contributed by atoms with E-state index in [9.17, 15) is 4.79 Å². The van der Waals surface area contributed by atoms with E-state index >= 15 is 0 Å². The standard InChI is InChI=1S/C17H25N7O2S/c25-16(23-6-2-1-3-14(23)17-18-5-12-27-17)4-7-24-15(19-20-21-24)13-22-8-10-26-11-9-22/h5,12,14H,1-4,6-11,13H2. The molecule has 2 saturated heterocycles. The first-order valence-electron chi connectivity index (χ1n) is 9.55. The Labute approximate surface area is 162 Å². The lowest BCUT2D eigenvalue weighted by atomic mass is 10.0. The Bertz CT molecular complexity index is 729. The van der Waals surface area contributed by atoms with Gasteiger partial charge in [-0.25, -0.2) is 9.67 Å². The van der Waals surface area contributed by atoms with Crippen molar-refractivity contribution in [3.63, 3.8) is 0 Å². The van der Waals surface area contributed by atoms with Crippen LogP contribution < -0.4 is 0 Å². The number of piperidine rings is 1. The second kappa shape index (κ2) is 8.85. The fourth-order valence-corrected chi connectivity index (χ4v) is 4.49. The van der Waals surface area contributed by atoms with Crippen molar-refractivity contribution in [3.05, 3.63) is 22.4 Å². The van der Waals surface area contributed by atoms with Gasteiger partial charge < -0.3 is 9.64 Å². The van der Waals surface area contributed by atoms with Gasteiger partial charge in [0.25, 0.3) is 0 Å². The van der Waals surface area contributed by atoms with Gasteiger partial charge in [-0.2, -0.15) is 0 Å². The number of aryl methyl sites for hydroxylation is 1. The third kappa shape index (κ3) is 4.50. The highest BCUT2D eigenvalue weighted by atomic mass is 32.1. The largest absolute Gasteiger partial charge is 0.379 e. The first-order valence-corrected chi connectivity index (χ1v) is 10.4. The van der Waals surface area contributed by atoms with Gasteiger partial charge in [0.15, 0.2) is 5.82 Å². The summed E-state index contributed by atoms with van der Waals surface area (Å²) in [7, 11) is 0. The number of likely N-dealkylation sites (tertiary alicyclic amines) is 1. The van der Waals surface area contributed by atoms with Crippen LogP contribution in [0.1, 0.15) is 42.6 Å². The molecule has 0 bridgehead atoms. The Kier molecular flexibility index (Phi) is 6.05. The van der Waals surface area contributed by atoms with E-state index in [-0.39, 0.29) is 11.9 Å². The molecule has 0 saturated carbocycles. The zero-order valence-corrected chi connectivity index (χ0v) is 16.2. The number of hydrogen-bond acceptors (Lipinski definition) is 8. The summed E-state index contributed by atoms with van der Waals surface area (Å²) in [5.41, 5.74) is 0. The summed E-state index contributed by atoms with van der Waals surface area (Å²) in [4.78, 5) is 21.6. The van der Waals surface area contributed by atoms with Gasteiger partial charge in [0, 0.05) is 37.6 Å². The van der Waals surface area contributed by atoms with E-state index in [4.69, 9.17) is 4.74 Å². The number of morpholine rings is 1. The van der Waals surface area contributed by atoms with E-state index < -0.39 is 0 Å². The van der Waals surface area contributed by atoms with E-state index in [1.165, 1.54) is 0 Å².